The second-order valence-electron chi connectivity index (χ2n) is 2.03. The van der Waals surface area contributed by atoms with Gasteiger partial charge in [0.1, 0.15) is 0 Å². The molecule has 1 fully saturated rings. The van der Waals surface area contributed by atoms with E-state index >= 15 is 0 Å². The standard InChI is InChI=1S/C4H5NO2.C2H5NO2/c6-3-1-2-4(7)5-3;1-3-2(4)5/h1-2H2,(H,5,6,7);3H,1H3,(H,4,5). The second kappa shape index (κ2) is 5.11. The van der Waals surface area contributed by atoms with Crippen molar-refractivity contribution in [3.05, 3.63) is 0 Å². The number of nitrogens with one attached hydrogen (secondary N) is 2. The summed E-state index contributed by atoms with van der Waals surface area (Å²) in [6.45, 7) is 0. The van der Waals surface area contributed by atoms with Gasteiger partial charge in [0.2, 0.25) is 11.8 Å². The van der Waals surface area contributed by atoms with Crippen molar-refractivity contribution in [2.45, 2.75) is 12.8 Å². The van der Waals surface area contributed by atoms with Crippen LogP contribution in [0.15, 0.2) is 0 Å². The van der Waals surface area contributed by atoms with Crippen LogP contribution >= 0.6 is 0 Å². The summed E-state index contributed by atoms with van der Waals surface area (Å²) in [5.41, 5.74) is 0. The molecule has 0 aromatic heterocycles. The summed E-state index contributed by atoms with van der Waals surface area (Å²) >= 11 is 0. The molecule has 12 heavy (non-hydrogen) atoms. The van der Waals surface area contributed by atoms with Crippen LogP contribution in [0.4, 0.5) is 4.79 Å². The maximum absolute atomic E-state index is 10.1. The van der Waals surface area contributed by atoms with Crippen molar-refractivity contribution in [3.8, 4) is 0 Å². The van der Waals surface area contributed by atoms with Gasteiger partial charge in [-0.15, -0.1) is 0 Å². The van der Waals surface area contributed by atoms with Crippen LogP contribution in [0.3, 0.4) is 0 Å². The van der Waals surface area contributed by atoms with Gasteiger partial charge in [-0.05, 0) is 0 Å². The van der Waals surface area contributed by atoms with Crippen LogP contribution in [0.1, 0.15) is 12.8 Å². The monoisotopic (exact) mass is 174 g/mol. The third-order valence-corrected chi connectivity index (χ3v) is 1.07. The molecule has 3 N–H and O–H groups in total. The molecule has 0 saturated carbocycles. The van der Waals surface area contributed by atoms with Crippen LogP contribution in [0, 0.1) is 0 Å². The molecule has 1 saturated heterocycles. The van der Waals surface area contributed by atoms with Crippen molar-refractivity contribution >= 4 is 17.9 Å². The van der Waals surface area contributed by atoms with Crippen LogP contribution in [0.2, 0.25) is 0 Å². The number of amides is 3. The summed E-state index contributed by atoms with van der Waals surface area (Å²) in [5.74, 6) is -0.296. The first-order valence-corrected chi connectivity index (χ1v) is 3.29. The zero-order valence-electron chi connectivity index (χ0n) is 6.59. The lowest BCUT2D eigenvalue weighted by Gasteiger charge is -1.79. The molecule has 0 unspecified atom stereocenters. The lowest BCUT2D eigenvalue weighted by atomic mass is 10.4. The molecule has 0 radical (unpaired) electrons. The number of carboxylic acid groups (broad SMARTS) is 1. The van der Waals surface area contributed by atoms with Crippen LogP contribution in [0.5, 0.6) is 0 Å². The lowest BCUT2D eigenvalue weighted by molar-refractivity contribution is -0.124. The SMILES string of the molecule is CNC(=O)O.O=C1CCC(=O)N1. The Labute approximate surface area is 68.9 Å². The van der Waals surface area contributed by atoms with Crippen LogP contribution in [0.25, 0.3) is 0 Å². The van der Waals surface area contributed by atoms with Gasteiger partial charge in [-0.25, -0.2) is 4.79 Å². The zero-order valence-corrected chi connectivity index (χ0v) is 6.59. The highest BCUT2D eigenvalue weighted by molar-refractivity contribution is 6.01. The van der Waals surface area contributed by atoms with Gasteiger partial charge in [-0.3, -0.25) is 14.9 Å². The maximum atomic E-state index is 10.1. The fourth-order valence-electron chi connectivity index (χ4n) is 0.508. The number of imide groups is 1. The zero-order chi connectivity index (χ0) is 9.56. The fraction of sp³-hybridized carbons (Fsp3) is 0.500. The Morgan fingerprint density at radius 3 is 1.83 bits per heavy atom. The third-order valence-electron chi connectivity index (χ3n) is 1.07. The van der Waals surface area contributed by atoms with Crippen LogP contribution < -0.4 is 10.6 Å². The highest BCUT2D eigenvalue weighted by Gasteiger charge is 2.15. The molecule has 0 atom stereocenters. The van der Waals surface area contributed by atoms with E-state index in [1.54, 1.807) is 0 Å². The number of hydrogen-bond donors (Lipinski definition) is 3. The van der Waals surface area contributed by atoms with Gasteiger partial charge < -0.3 is 10.4 Å². The first-order chi connectivity index (χ1) is 5.56. The largest absolute Gasteiger partial charge is 0.465 e. The van der Waals surface area contributed by atoms with Gasteiger partial charge in [0.05, 0.1) is 0 Å². The molecule has 3 amide bonds. The molecule has 0 aliphatic carbocycles. The molecule has 1 rings (SSSR count). The Bertz CT molecular complexity index is 188. The molecule has 0 aromatic carbocycles. The molecule has 6 heteroatoms. The van der Waals surface area contributed by atoms with E-state index in [-0.39, 0.29) is 11.8 Å². The Morgan fingerprint density at radius 1 is 1.42 bits per heavy atom. The lowest BCUT2D eigenvalue weighted by Crippen LogP contribution is -2.18. The third kappa shape index (κ3) is 5.21. The van der Waals surface area contributed by atoms with Crippen LogP contribution in [-0.2, 0) is 9.59 Å². The topological polar surface area (TPSA) is 95.5 Å². The predicted molar refractivity (Wildman–Crippen MR) is 39.5 cm³/mol. The van der Waals surface area contributed by atoms with E-state index in [2.05, 4.69) is 5.32 Å². The summed E-state index contributed by atoms with van der Waals surface area (Å²) in [5, 5.41) is 11.7. The summed E-state index contributed by atoms with van der Waals surface area (Å²) in [6.07, 6.45) is -0.248. The van der Waals surface area contributed by atoms with E-state index in [1.165, 1.54) is 7.05 Å². The molecule has 68 valence electrons. The minimum atomic E-state index is -0.995. The maximum Gasteiger partial charge on any atom is 0.404 e. The van der Waals surface area contributed by atoms with Gasteiger partial charge in [0.15, 0.2) is 0 Å². The summed E-state index contributed by atoms with van der Waals surface area (Å²) < 4.78 is 0. The van der Waals surface area contributed by atoms with E-state index in [0.717, 1.165) is 0 Å². The summed E-state index contributed by atoms with van der Waals surface area (Å²) in [7, 11) is 1.35. The van der Waals surface area contributed by atoms with Gasteiger partial charge >= 0.3 is 6.09 Å². The Morgan fingerprint density at radius 2 is 1.75 bits per heavy atom. The second-order valence-corrected chi connectivity index (χ2v) is 2.03. The molecular formula is C6H10N2O4. The first kappa shape index (κ1) is 10.4. The van der Waals surface area contributed by atoms with Crippen molar-refractivity contribution in [2.75, 3.05) is 7.05 Å². The Hall–Kier alpha value is -1.59. The van der Waals surface area contributed by atoms with E-state index in [9.17, 15) is 14.4 Å². The van der Waals surface area contributed by atoms with E-state index in [4.69, 9.17) is 5.11 Å². The van der Waals surface area contributed by atoms with E-state index in [1.807, 2.05) is 5.32 Å². The predicted octanol–water partition coefficient (Wildman–Crippen LogP) is -0.693. The van der Waals surface area contributed by atoms with E-state index < -0.39 is 6.09 Å². The molecule has 1 aliphatic heterocycles. The van der Waals surface area contributed by atoms with Gasteiger partial charge in [-0.1, -0.05) is 0 Å². The molecule has 1 aliphatic rings. The van der Waals surface area contributed by atoms with Crippen molar-refractivity contribution < 1.29 is 19.5 Å². The molecule has 6 nitrogen and oxygen atoms in total. The summed E-state index contributed by atoms with van der Waals surface area (Å²) in [6, 6.07) is 0. The quantitative estimate of drug-likeness (QED) is 0.423. The minimum Gasteiger partial charge on any atom is -0.465 e. The molecule has 0 aromatic rings. The Kier molecular flexibility index (Phi) is 4.43. The van der Waals surface area contributed by atoms with Gasteiger partial charge in [-0.2, -0.15) is 0 Å². The van der Waals surface area contributed by atoms with E-state index in [0.29, 0.717) is 12.8 Å². The number of carbonyl (C=O) groups is 3. The highest BCUT2D eigenvalue weighted by Crippen LogP contribution is 1.95. The van der Waals surface area contributed by atoms with Crippen molar-refractivity contribution in [1.29, 1.82) is 0 Å². The van der Waals surface area contributed by atoms with Crippen LogP contribution in [-0.4, -0.2) is 30.1 Å². The minimum absolute atomic E-state index is 0.148. The molecular weight excluding hydrogens is 164 g/mol. The molecule has 1 heterocycles. The molecule has 0 bridgehead atoms. The molecule has 0 spiro atoms. The normalized spacial score (nSPS) is 14.4. The number of hydrogen-bond acceptors (Lipinski definition) is 3. The van der Waals surface area contributed by atoms with Crippen molar-refractivity contribution in [3.63, 3.8) is 0 Å². The number of carbonyl (C=O) groups excluding carboxylic acids is 2. The smallest absolute Gasteiger partial charge is 0.404 e. The van der Waals surface area contributed by atoms with Crippen molar-refractivity contribution in [2.24, 2.45) is 0 Å². The Balaban J connectivity index is 0.000000217. The van der Waals surface area contributed by atoms with Crippen molar-refractivity contribution in [1.82, 2.24) is 10.6 Å². The first-order valence-electron chi connectivity index (χ1n) is 3.29. The number of rotatable bonds is 0. The average molecular weight is 174 g/mol. The summed E-state index contributed by atoms with van der Waals surface area (Å²) in [4.78, 5) is 29.5. The fourth-order valence-corrected chi connectivity index (χ4v) is 0.508. The van der Waals surface area contributed by atoms with Gasteiger partial charge in [0, 0.05) is 19.9 Å². The van der Waals surface area contributed by atoms with Gasteiger partial charge in [0.25, 0.3) is 0 Å². The average Bonchev–Trinajstić information content (AvgIpc) is 2.36. The highest BCUT2D eigenvalue weighted by atomic mass is 16.4.